The van der Waals surface area contributed by atoms with Gasteiger partial charge in [-0.15, -0.1) is 0 Å². The highest BCUT2D eigenvalue weighted by atomic mass is 16.6. The predicted octanol–water partition coefficient (Wildman–Crippen LogP) is 22.2. The van der Waals surface area contributed by atoms with E-state index in [9.17, 15) is 14.4 Å². The number of hydrogen-bond acceptors (Lipinski definition) is 6. The zero-order valence-corrected chi connectivity index (χ0v) is 51.5. The molecule has 1 unspecified atom stereocenters. The van der Waals surface area contributed by atoms with Crippen molar-refractivity contribution in [1.82, 2.24) is 0 Å². The molecule has 0 bridgehead atoms. The summed E-state index contributed by atoms with van der Waals surface area (Å²) in [7, 11) is 0. The second kappa shape index (κ2) is 66.8. The number of rotatable bonds is 55. The van der Waals surface area contributed by atoms with E-state index < -0.39 is 6.10 Å². The summed E-state index contributed by atoms with van der Waals surface area (Å²) in [5.74, 6) is -1.01. The van der Waals surface area contributed by atoms with Gasteiger partial charge < -0.3 is 14.2 Å². The Bertz CT molecular complexity index is 1950. The Hall–Kier alpha value is -5.75. The van der Waals surface area contributed by atoms with Gasteiger partial charge in [0.15, 0.2) is 6.10 Å². The Balaban J connectivity index is 4.57. The number of carbonyl (C=O) groups is 3. The first-order chi connectivity index (χ1) is 40.0. The van der Waals surface area contributed by atoms with E-state index >= 15 is 0 Å². The number of esters is 3. The predicted molar refractivity (Wildman–Crippen MR) is 352 cm³/mol. The lowest BCUT2D eigenvalue weighted by molar-refractivity contribution is -0.167. The molecule has 0 fully saturated rings. The standard InChI is InChI=1S/C75H114O6/c1-4-7-10-13-16-19-22-25-28-31-33-35-36-37-38-40-41-44-47-50-53-56-59-62-65-68-74(77)80-71-72(70-79-73(76)67-64-61-58-55-52-49-46-43-30-27-24-21-18-15-12-9-6-3)81-75(78)69-66-63-60-57-54-51-48-45-42-39-34-32-29-26-23-20-17-14-11-8-5-2/h7-12,16-21,25-30,33-35,37-39,41,44-46,48-49,54,57,72H,4-6,13-15,22-24,31-32,36,40,42-43,47,50-53,55-56,58-71H2,1-3H3/b10-7-,11-8-,12-9-,19-16-,20-17-,21-18-,28-25-,29-26-,30-27-,35-33-,38-37-,39-34-,44-41-,48-45-,49-46-,57-54-. The third kappa shape index (κ3) is 64.9. The van der Waals surface area contributed by atoms with Crippen molar-refractivity contribution in [2.75, 3.05) is 13.2 Å². The summed E-state index contributed by atoms with van der Waals surface area (Å²) in [6.45, 7) is 6.21. The molecule has 81 heavy (non-hydrogen) atoms. The van der Waals surface area contributed by atoms with E-state index in [0.717, 1.165) is 180 Å². The molecule has 0 aliphatic carbocycles. The summed E-state index contributed by atoms with van der Waals surface area (Å²) in [4.78, 5) is 38.4. The summed E-state index contributed by atoms with van der Waals surface area (Å²) < 4.78 is 16.9. The summed E-state index contributed by atoms with van der Waals surface area (Å²) in [6, 6.07) is 0. The van der Waals surface area contributed by atoms with E-state index in [4.69, 9.17) is 14.2 Å². The van der Waals surface area contributed by atoms with Crippen LogP contribution in [0.3, 0.4) is 0 Å². The van der Waals surface area contributed by atoms with Gasteiger partial charge in [-0.25, -0.2) is 0 Å². The minimum atomic E-state index is -0.832. The van der Waals surface area contributed by atoms with E-state index in [1.807, 2.05) is 0 Å². The van der Waals surface area contributed by atoms with Gasteiger partial charge in [-0.05, 0) is 161 Å². The molecule has 0 spiro atoms. The molecule has 0 aromatic carbocycles. The molecule has 0 aliphatic rings. The van der Waals surface area contributed by atoms with Gasteiger partial charge >= 0.3 is 17.9 Å². The third-order valence-electron chi connectivity index (χ3n) is 12.6. The molecule has 0 saturated carbocycles. The average Bonchev–Trinajstić information content (AvgIpc) is 3.47. The van der Waals surface area contributed by atoms with Crippen molar-refractivity contribution < 1.29 is 28.6 Å². The van der Waals surface area contributed by atoms with Crippen LogP contribution in [0.25, 0.3) is 0 Å². The lowest BCUT2D eigenvalue weighted by atomic mass is 10.1. The molecular formula is C75H114O6. The van der Waals surface area contributed by atoms with Crippen LogP contribution in [0, 0.1) is 0 Å². The van der Waals surface area contributed by atoms with Crippen LogP contribution in [0.2, 0.25) is 0 Å². The highest BCUT2D eigenvalue weighted by Gasteiger charge is 2.19. The van der Waals surface area contributed by atoms with Crippen LogP contribution < -0.4 is 0 Å². The smallest absolute Gasteiger partial charge is 0.306 e. The van der Waals surface area contributed by atoms with Crippen LogP contribution in [0.1, 0.15) is 239 Å². The van der Waals surface area contributed by atoms with Gasteiger partial charge in [-0.1, -0.05) is 254 Å². The van der Waals surface area contributed by atoms with Crippen molar-refractivity contribution >= 4 is 17.9 Å². The van der Waals surface area contributed by atoms with Crippen LogP contribution in [0.4, 0.5) is 0 Å². The molecule has 0 aromatic heterocycles. The lowest BCUT2D eigenvalue weighted by Crippen LogP contribution is -2.30. The van der Waals surface area contributed by atoms with E-state index in [0.29, 0.717) is 19.3 Å². The van der Waals surface area contributed by atoms with E-state index in [1.165, 1.54) is 12.8 Å². The van der Waals surface area contributed by atoms with Gasteiger partial charge in [0.1, 0.15) is 13.2 Å². The highest BCUT2D eigenvalue weighted by molar-refractivity contribution is 5.71. The average molecular weight is 1110 g/mol. The Labute approximate surface area is 497 Å². The molecule has 6 heteroatoms. The molecule has 0 amide bonds. The van der Waals surface area contributed by atoms with Crippen LogP contribution in [-0.2, 0) is 28.6 Å². The van der Waals surface area contributed by atoms with E-state index in [2.05, 4.69) is 215 Å². The Kier molecular flexibility index (Phi) is 62.0. The number of unbranched alkanes of at least 4 members (excludes halogenated alkanes) is 12. The summed E-state index contributed by atoms with van der Waals surface area (Å²) in [6.07, 6.45) is 101. The van der Waals surface area contributed by atoms with Crippen molar-refractivity contribution in [1.29, 1.82) is 0 Å². The molecular weight excluding hydrogens is 997 g/mol. The van der Waals surface area contributed by atoms with E-state index in [1.54, 1.807) is 0 Å². The number of allylic oxidation sites excluding steroid dienone is 32. The maximum absolute atomic E-state index is 12.9. The van der Waals surface area contributed by atoms with Gasteiger partial charge in [0.2, 0.25) is 0 Å². The normalized spacial score (nSPS) is 13.5. The molecule has 0 radical (unpaired) electrons. The molecule has 6 nitrogen and oxygen atoms in total. The Morgan fingerprint density at radius 2 is 0.444 bits per heavy atom. The Morgan fingerprint density at radius 3 is 0.716 bits per heavy atom. The number of hydrogen-bond donors (Lipinski definition) is 0. The van der Waals surface area contributed by atoms with Gasteiger partial charge in [-0.2, -0.15) is 0 Å². The fourth-order valence-corrected chi connectivity index (χ4v) is 7.91. The molecule has 0 saturated heterocycles. The zero-order valence-electron chi connectivity index (χ0n) is 51.5. The first-order valence-electron chi connectivity index (χ1n) is 31.9. The van der Waals surface area contributed by atoms with Crippen LogP contribution in [0.15, 0.2) is 194 Å². The largest absolute Gasteiger partial charge is 0.462 e. The summed E-state index contributed by atoms with van der Waals surface area (Å²) in [5, 5.41) is 0. The van der Waals surface area contributed by atoms with Crippen LogP contribution in [-0.4, -0.2) is 37.2 Å². The second-order valence-electron chi connectivity index (χ2n) is 20.2. The van der Waals surface area contributed by atoms with Crippen molar-refractivity contribution in [2.45, 2.75) is 245 Å². The lowest BCUT2D eigenvalue weighted by Gasteiger charge is -2.18. The summed E-state index contributed by atoms with van der Waals surface area (Å²) in [5.41, 5.74) is 0. The number of ether oxygens (including phenoxy) is 3. The van der Waals surface area contributed by atoms with Gasteiger partial charge in [0.05, 0.1) is 0 Å². The van der Waals surface area contributed by atoms with Crippen molar-refractivity contribution in [3.05, 3.63) is 194 Å². The fourth-order valence-electron chi connectivity index (χ4n) is 7.91. The van der Waals surface area contributed by atoms with Gasteiger partial charge in [0, 0.05) is 19.3 Å². The van der Waals surface area contributed by atoms with Crippen molar-refractivity contribution in [3.63, 3.8) is 0 Å². The quantitative estimate of drug-likeness (QED) is 0.0261. The molecule has 0 aliphatic heterocycles. The minimum Gasteiger partial charge on any atom is -0.462 e. The van der Waals surface area contributed by atoms with Gasteiger partial charge in [0.25, 0.3) is 0 Å². The number of carbonyl (C=O) groups excluding carboxylic acids is 3. The SMILES string of the molecule is CC/C=C\C/C=C\C/C=C\C/C=C\C/C=C\C/C=C\CCCCCCCCC(=O)OCC(COC(=O)CCCCCC/C=C\C/C=C\C/C=C\C/C=C\CC)OC(=O)CCCC/C=C\C/C=C\C/C=C\C/C=C\C/C=C\C/C=C\CC. The maximum atomic E-state index is 12.9. The van der Waals surface area contributed by atoms with E-state index in [-0.39, 0.29) is 37.5 Å². The van der Waals surface area contributed by atoms with Crippen molar-refractivity contribution in [3.8, 4) is 0 Å². The molecule has 0 N–H and O–H groups in total. The maximum Gasteiger partial charge on any atom is 0.306 e. The molecule has 0 rings (SSSR count). The monoisotopic (exact) mass is 1110 g/mol. The third-order valence-corrected chi connectivity index (χ3v) is 12.6. The van der Waals surface area contributed by atoms with Crippen molar-refractivity contribution in [2.24, 2.45) is 0 Å². The highest BCUT2D eigenvalue weighted by Crippen LogP contribution is 2.13. The topological polar surface area (TPSA) is 78.9 Å². The molecule has 450 valence electrons. The first kappa shape index (κ1) is 75.2. The first-order valence-corrected chi connectivity index (χ1v) is 31.9. The zero-order chi connectivity index (χ0) is 58.5. The molecule has 0 aromatic rings. The van der Waals surface area contributed by atoms with Crippen LogP contribution in [0.5, 0.6) is 0 Å². The second-order valence-corrected chi connectivity index (χ2v) is 20.2. The fraction of sp³-hybridized carbons (Fsp3) is 0.533. The molecule has 0 heterocycles. The Morgan fingerprint density at radius 1 is 0.247 bits per heavy atom. The van der Waals surface area contributed by atoms with Crippen LogP contribution >= 0.6 is 0 Å². The summed E-state index contributed by atoms with van der Waals surface area (Å²) >= 11 is 0. The molecule has 1 atom stereocenters. The van der Waals surface area contributed by atoms with Gasteiger partial charge in [-0.3, -0.25) is 14.4 Å². The minimum absolute atomic E-state index is 0.123.